The first-order valence-corrected chi connectivity index (χ1v) is 9.25. The first-order valence-electron chi connectivity index (χ1n) is 9.25. The van der Waals surface area contributed by atoms with Gasteiger partial charge >= 0.3 is 0 Å². The summed E-state index contributed by atoms with van der Waals surface area (Å²) in [7, 11) is 0. The Kier molecular flexibility index (Phi) is 3.69. The van der Waals surface area contributed by atoms with Gasteiger partial charge in [0.25, 0.3) is 0 Å². The predicted octanol–water partition coefficient (Wildman–Crippen LogP) is 5.22. The largest absolute Gasteiger partial charge is 0.464 e. The zero-order chi connectivity index (χ0) is 19.3. The Morgan fingerprint density at radius 2 is 1.75 bits per heavy atom. The van der Waals surface area contributed by atoms with E-state index in [2.05, 4.69) is 5.32 Å². The lowest BCUT2D eigenvalue weighted by atomic mass is 9.92. The molecule has 3 heterocycles. The fraction of sp³-hybridized carbons (Fsp3) is 0.130. The van der Waals surface area contributed by atoms with Crippen molar-refractivity contribution < 1.29 is 9.21 Å². The van der Waals surface area contributed by atoms with E-state index in [0.717, 1.165) is 22.5 Å². The van der Waals surface area contributed by atoms with E-state index in [9.17, 15) is 4.79 Å². The summed E-state index contributed by atoms with van der Waals surface area (Å²) in [5.74, 6) is 2.20. The predicted molar refractivity (Wildman–Crippen MR) is 109 cm³/mol. The number of nitrogens with zero attached hydrogens (tertiary/aromatic N) is 2. The van der Waals surface area contributed by atoms with Crippen LogP contribution in [-0.4, -0.2) is 15.3 Å². The van der Waals surface area contributed by atoms with E-state index >= 15 is 0 Å². The summed E-state index contributed by atoms with van der Waals surface area (Å²) in [6.07, 6.45) is 0. The van der Waals surface area contributed by atoms with E-state index in [4.69, 9.17) is 9.40 Å². The van der Waals surface area contributed by atoms with Gasteiger partial charge in [-0.25, -0.2) is 4.98 Å². The average molecular weight is 369 g/mol. The van der Waals surface area contributed by atoms with Crippen LogP contribution in [0.15, 0.2) is 76.7 Å². The van der Waals surface area contributed by atoms with E-state index in [0.29, 0.717) is 22.8 Å². The summed E-state index contributed by atoms with van der Waals surface area (Å²) < 4.78 is 7.90. The van der Waals surface area contributed by atoms with Crippen LogP contribution in [-0.2, 0) is 0 Å². The number of hydrogen-bond donors (Lipinski definition) is 1. The number of aromatic nitrogens is 2. The van der Waals surface area contributed by atoms with E-state index in [1.54, 1.807) is 0 Å². The molecule has 5 heteroatoms. The number of furan rings is 1. The lowest BCUT2D eigenvalue weighted by Crippen LogP contribution is -2.27. The molecule has 5 rings (SSSR count). The fourth-order valence-electron chi connectivity index (χ4n) is 3.86. The van der Waals surface area contributed by atoms with Crippen molar-refractivity contribution >= 4 is 28.5 Å². The summed E-state index contributed by atoms with van der Waals surface area (Å²) in [6.45, 7) is 3.87. The van der Waals surface area contributed by atoms with Gasteiger partial charge in [-0.2, -0.15) is 0 Å². The van der Waals surface area contributed by atoms with Crippen LogP contribution in [0, 0.1) is 6.92 Å². The molecule has 4 aromatic rings. The van der Waals surface area contributed by atoms with Gasteiger partial charge in [-0.05, 0) is 38.1 Å². The van der Waals surface area contributed by atoms with Crippen LogP contribution in [0.4, 0.5) is 5.95 Å². The van der Waals surface area contributed by atoms with Crippen molar-refractivity contribution in [2.75, 3.05) is 5.32 Å². The molecule has 0 saturated carbocycles. The molecule has 2 aromatic heterocycles. The molecule has 1 aliphatic heterocycles. The van der Waals surface area contributed by atoms with Crippen molar-refractivity contribution in [3.8, 4) is 0 Å². The SMILES string of the molecule is CC1=C(C(=O)c2ccccc2)C(c2ccc(C)o2)Nc2nc3ccccc3n21. The summed E-state index contributed by atoms with van der Waals surface area (Å²) in [6, 6.07) is 20.7. The van der Waals surface area contributed by atoms with Gasteiger partial charge in [0.15, 0.2) is 5.78 Å². The number of carbonyl (C=O) groups is 1. The highest BCUT2D eigenvalue weighted by Gasteiger charge is 2.34. The fourth-order valence-corrected chi connectivity index (χ4v) is 3.86. The Labute approximate surface area is 162 Å². The third-order valence-corrected chi connectivity index (χ3v) is 5.17. The van der Waals surface area contributed by atoms with Crippen LogP contribution in [0.5, 0.6) is 0 Å². The topological polar surface area (TPSA) is 60.1 Å². The summed E-state index contributed by atoms with van der Waals surface area (Å²) in [5, 5.41) is 3.43. The van der Waals surface area contributed by atoms with E-state index in [1.165, 1.54) is 0 Å². The maximum atomic E-state index is 13.5. The number of Topliss-reactive ketones (excluding diaryl/α,β-unsaturated/α-hetero) is 1. The smallest absolute Gasteiger partial charge is 0.209 e. The number of rotatable bonds is 3. The molecule has 1 unspecified atom stereocenters. The van der Waals surface area contributed by atoms with E-state index in [1.807, 2.05) is 85.1 Å². The standard InChI is InChI=1S/C23H19N3O2/c1-14-12-13-19(28-14)21-20(22(27)16-8-4-3-5-9-16)15(2)26-18-11-7-6-10-17(18)24-23(26)25-21/h3-13,21H,1-2H3,(H,24,25). The van der Waals surface area contributed by atoms with Crippen molar-refractivity contribution in [3.05, 3.63) is 89.4 Å². The zero-order valence-electron chi connectivity index (χ0n) is 15.6. The Balaban J connectivity index is 1.75. The van der Waals surface area contributed by atoms with Crippen LogP contribution in [0.2, 0.25) is 0 Å². The molecule has 2 aromatic carbocycles. The van der Waals surface area contributed by atoms with Gasteiger partial charge in [0.1, 0.15) is 17.6 Å². The molecule has 138 valence electrons. The minimum absolute atomic E-state index is 0.0203. The molecule has 0 amide bonds. The number of allylic oxidation sites excluding steroid dienone is 1. The number of para-hydroxylation sites is 2. The average Bonchev–Trinajstić information content (AvgIpc) is 3.31. The molecule has 28 heavy (non-hydrogen) atoms. The van der Waals surface area contributed by atoms with Crippen LogP contribution >= 0.6 is 0 Å². The Bertz CT molecular complexity index is 1230. The molecule has 1 atom stereocenters. The summed E-state index contributed by atoms with van der Waals surface area (Å²) in [4.78, 5) is 18.2. The van der Waals surface area contributed by atoms with Crippen molar-refractivity contribution in [2.24, 2.45) is 0 Å². The number of nitrogens with one attached hydrogen (secondary N) is 1. The van der Waals surface area contributed by atoms with Gasteiger partial charge in [-0.15, -0.1) is 0 Å². The molecule has 0 saturated heterocycles. The molecule has 5 nitrogen and oxygen atoms in total. The normalized spacial score (nSPS) is 16.1. The molecule has 0 spiro atoms. The second kappa shape index (κ2) is 6.23. The molecule has 0 radical (unpaired) electrons. The van der Waals surface area contributed by atoms with Crippen molar-refractivity contribution in [1.82, 2.24) is 9.55 Å². The molecule has 0 bridgehead atoms. The second-order valence-electron chi connectivity index (χ2n) is 6.98. The van der Waals surface area contributed by atoms with Crippen molar-refractivity contribution in [2.45, 2.75) is 19.9 Å². The van der Waals surface area contributed by atoms with Crippen molar-refractivity contribution in [3.63, 3.8) is 0 Å². The van der Waals surface area contributed by atoms with E-state index < -0.39 is 6.04 Å². The Morgan fingerprint density at radius 1 is 1.00 bits per heavy atom. The van der Waals surface area contributed by atoms with E-state index in [-0.39, 0.29) is 5.78 Å². The van der Waals surface area contributed by atoms with Gasteiger partial charge in [0.05, 0.1) is 11.0 Å². The van der Waals surface area contributed by atoms with Crippen molar-refractivity contribution in [1.29, 1.82) is 0 Å². The number of fused-ring (bicyclic) bond motifs is 3. The molecular weight excluding hydrogens is 350 g/mol. The molecule has 0 aliphatic carbocycles. The van der Waals surface area contributed by atoms with Crippen LogP contribution in [0.25, 0.3) is 16.7 Å². The number of aryl methyl sites for hydroxylation is 1. The van der Waals surface area contributed by atoms with Crippen LogP contribution in [0.1, 0.15) is 34.8 Å². The lowest BCUT2D eigenvalue weighted by molar-refractivity contribution is 0.102. The third-order valence-electron chi connectivity index (χ3n) is 5.17. The van der Waals surface area contributed by atoms with Gasteiger partial charge < -0.3 is 9.73 Å². The van der Waals surface area contributed by atoms with Crippen LogP contribution < -0.4 is 5.32 Å². The molecule has 1 N–H and O–H groups in total. The van der Waals surface area contributed by atoms with Gasteiger partial charge in [-0.3, -0.25) is 9.36 Å². The second-order valence-corrected chi connectivity index (χ2v) is 6.98. The first-order chi connectivity index (χ1) is 13.6. The van der Waals surface area contributed by atoms with Gasteiger partial charge in [0, 0.05) is 16.8 Å². The molecular formula is C23H19N3O2. The Morgan fingerprint density at radius 3 is 2.50 bits per heavy atom. The van der Waals surface area contributed by atoms with Gasteiger partial charge in [0.2, 0.25) is 5.95 Å². The number of imidazole rings is 1. The monoisotopic (exact) mass is 369 g/mol. The Hall–Kier alpha value is -3.60. The zero-order valence-corrected chi connectivity index (χ0v) is 15.6. The highest BCUT2D eigenvalue weighted by Crippen LogP contribution is 2.40. The maximum absolute atomic E-state index is 13.5. The number of hydrogen-bond acceptors (Lipinski definition) is 4. The first kappa shape index (κ1) is 16.6. The maximum Gasteiger partial charge on any atom is 0.209 e. The minimum Gasteiger partial charge on any atom is -0.464 e. The number of ketones is 1. The summed E-state index contributed by atoms with van der Waals surface area (Å²) in [5.41, 5.74) is 4.02. The molecule has 1 aliphatic rings. The highest BCUT2D eigenvalue weighted by molar-refractivity contribution is 6.14. The third kappa shape index (κ3) is 2.47. The number of benzene rings is 2. The van der Waals surface area contributed by atoms with Gasteiger partial charge in [-0.1, -0.05) is 42.5 Å². The van der Waals surface area contributed by atoms with Crippen LogP contribution in [0.3, 0.4) is 0 Å². The quantitative estimate of drug-likeness (QED) is 0.503. The number of anilines is 1. The molecule has 0 fully saturated rings. The number of carbonyl (C=O) groups excluding carboxylic acids is 1. The minimum atomic E-state index is -0.397. The lowest BCUT2D eigenvalue weighted by Gasteiger charge is -2.28. The summed E-state index contributed by atoms with van der Waals surface area (Å²) >= 11 is 0. The highest BCUT2D eigenvalue weighted by atomic mass is 16.3.